The van der Waals surface area contributed by atoms with Crippen molar-refractivity contribution in [2.24, 2.45) is 5.73 Å². The molecule has 0 aromatic heterocycles. The minimum absolute atomic E-state index is 0.0264. The van der Waals surface area contributed by atoms with Gasteiger partial charge in [0.15, 0.2) is 0 Å². The van der Waals surface area contributed by atoms with Gasteiger partial charge < -0.3 is 25.0 Å². The van der Waals surface area contributed by atoms with Crippen LogP contribution in [0.2, 0.25) is 0 Å². The number of amides is 2. The number of carbonyl (C=O) groups excluding carboxylic acids is 3. The van der Waals surface area contributed by atoms with Crippen molar-refractivity contribution in [3.63, 3.8) is 0 Å². The molecule has 5 rings (SSSR count). The molecule has 9 nitrogen and oxygen atoms in total. The third-order valence-corrected chi connectivity index (χ3v) is 9.63. The van der Waals surface area contributed by atoms with E-state index in [0.717, 1.165) is 12.8 Å². The Labute approximate surface area is 283 Å². The summed E-state index contributed by atoms with van der Waals surface area (Å²) in [7, 11) is 0. The highest BCUT2D eigenvalue weighted by atomic mass is 32.2. The lowest BCUT2D eigenvalue weighted by molar-refractivity contribution is -0.155. The monoisotopic (exact) mass is 676 g/mol. The Kier molecular flexibility index (Phi) is 10.6. The molecule has 3 aromatic rings. The van der Waals surface area contributed by atoms with E-state index in [4.69, 9.17) is 20.5 Å². The number of hydrogen-bond acceptors (Lipinski definition) is 8. The summed E-state index contributed by atoms with van der Waals surface area (Å²) < 4.78 is 41.1. The van der Waals surface area contributed by atoms with E-state index >= 15 is 4.39 Å². The van der Waals surface area contributed by atoms with Crippen LogP contribution >= 0.6 is 11.8 Å². The van der Waals surface area contributed by atoms with Crippen LogP contribution in [-0.4, -0.2) is 52.7 Å². The number of carbonyl (C=O) groups is 3. The van der Waals surface area contributed by atoms with Crippen LogP contribution in [0.25, 0.3) is 0 Å². The summed E-state index contributed by atoms with van der Waals surface area (Å²) >= 11 is 1.46. The average Bonchev–Trinajstić information content (AvgIpc) is 3.37. The molecule has 2 heterocycles. The number of esters is 1. The standard InChI is InChI=1S/C36H38F2N4O5S/c1-36(2,3)47-33(43)12-10-30(34(40)44)42-20-26-25(35(42)45)5-4-6-31(26)46-21-23-8-11-32(28(38)18-23)48-24-13-15-41(16-14-24)29-9-7-22(19-39)17-27(29)37/h4-9,11,17-18,24,30H,10,12-16,20-21H2,1-3H3,(H2,40,44)/t30-/m0/s1. The topological polar surface area (TPSA) is 126 Å². The predicted molar refractivity (Wildman–Crippen MR) is 177 cm³/mol. The average molecular weight is 677 g/mol. The number of nitriles is 1. The Bertz CT molecular complexity index is 1750. The van der Waals surface area contributed by atoms with Crippen molar-refractivity contribution in [1.29, 1.82) is 5.26 Å². The van der Waals surface area contributed by atoms with Gasteiger partial charge in [-0.05, 0) is 88.1 Å². The van der Waals surface area contributed by atoms with Gasteiger partial charge >= 0.3 is 5.97 Å². The van der Waals surface area contributed by atoms with Gasteiger partial charge in [-0.3, -0.25) is 14.4 Å². The molecule has 0 saturated carbocycles. The number of halogens is 2. The first-order chi connectivity index (χ1) is 22.8. The molecular weight excluding hydrogens is 638 g/mol. The first kappa shape index (κ1) is 34.7. The molecular formula is C36H38F2N4O5S. The lowest BCUT2D eigenvalue weighted by Gasteiger charge is -2.33. The highest BCUT2D eigenvalue weighted by Gasteiger charge is 2.37. The number of hydrogen-bond donors (Lipinski definition) is 1. The Balaban J connectivity index is 1.17. The van der Waals surface area contributed by atoms with E-state index in [-0.39, 0.29) is 48.5 Å². The Morgan fingerprint density at radius 1 is 1.08 bits per heavy atom. The molecule has 0 radical (unpaired) electrons. The second-order valence-electron chi connectivity index (χ2n) is 12.9. The number of thioether (sulfide) groups is 1. The SMILES string of the molecule is CC(C)(C)OC(=O)CC[C@@H](C(N)=O)N1Cc2c(OCc3ccc(SC4CCN(c5ccc(C#N)cc5F)CC4)c(F)c3)cccc2C1=O. The van der Waals surface area contributed by atoms with Crippen LogP contribution in [0.1, 0.15) is 73.5 Å². The third kappa shape index (κ3) is 8.26. The molecule has 2 amide bonds. The molecule has 2 N–H and O–H groups in total. The smallest absolute Gasteiger partial charge is 0.306 e. The molecule has 0 unspecified atom stereocenters. The van der Waals surface area contributed by atoms with Crippen LogP contribution in [0.5, 0.6) is 5.75 Å². The Morgan fingerprint density at radius 2 is 1.83 bits per heavy atom. The van der Waals surface area contributed by atoms with E-state index in [9.17, 15) is 18.8 Å². The highest BCUT2D eigenvalue weighted by Crippen LogP contribution is 2.36. The zero-order chi connectivity index (χ0) is 34.6. The zero-order valence-electron chi connectivity index (χ0n) is 27.1. The minimum atomic E-state index is -1.01. The molecule has 3 aromatic carbocycles. The van der Waals surface area contributed by atoms with Gasteiger partial charge in [0, 0.05) is 40.8 Å². The lowest BCUT2D eigenvalue weighted by atomic mass is 10.1. The first-order valence-electron chi connectivity index (χ1n) is 15.8. The highest BCUT2D eigenvalue weighted by molar-refractivity contribution is 8.00. The molecule has 0 bridgehead atoms. The molecule has 0 aliphatic carbocycles. The van der Waals surface area contributed by atoms with E-state index in [1.54, 1.807) is 63.2 Å². The summed E-state index contributed by atoms with van der Waals surface area (Å²) in [5.41, 5.74) is 7.30. The molecule has 1 fully saturated rings. The van der Waals surface area contributed by atoms with E-state index in [2.05, 4.69) is 0 Å². The van der Waals surface area contributed by atoms with Crippen LogP contribution in [0.15, 0.2) is 59.5 Å². The number of piperidine rings is 1. The van der Waals surface area contributed by atoms with Crippen molar-refractivity contribution in [3.05, 3.63) is 88.5 Å². The van der Waals surface area contributed by atoms with Gasteiger partial charge in [-0.25, -0.2) is 8.78 Å². The first-order valence-corrected chi connectivity index (χ1v) is 16.7. The summed E-state index contributed by atoms with van der Waals surface area (Å²) in [6.45, 7) is 6.62. The fourth-order valence-corrected chi connectivity index (χ4v) is 7.05. The van der Waals surface area contributed by atoms with Crippen molar-refractivity contribution >= 4 is 35.2 Å². The number of nitrogens with two attached hydrogens (primary N) is 1. The van der Waals surface area contributed by atoms with Crippen molar-refractivity contribution in [2.75, 3.05) is 18.0 Å². The van der Waals surface area contributed by atoms with E-state index < -0.39 is 29.3 Å². The normalized spacial score (nSPS) is 15.5. The van der Waals surface area contributed by atoms with Gasteiger partial charge in [0.25, 0.3) is 5.91 Å². The van der Waals surface area contributed by atoms with Crippen molar-refractivity contribution in [2.45, 2.75) is 81.4 Å². The summed E-state index contributed by atoms with van der Waals surface area (Å²) in [5, 5.41) is 9.15. The second-order valence-corrected chi connectivity index (χ2v) is 14.2. The van der Waals surface area contributed by atoms with Crippen LogP contribution in [0, 0.1) is 23.0 Å². The lowest BCUT2D eigenvalue weighted by Crippen LogP contribution is -2.45. The fraction of sp³-hybridized carbons (Fsp3) is 0.389. The molecule has 2 aliphatic heterocycles. The summed E-state index contributed by atoms with van der Waals surface area (Å²) in [4.78, 5) is 41.7. The number of nitrogens with zero attached hydrogens (tertiary/aromatic N) is 3. The number of primary amides is 1. The van der Waals surface area contributed by atoms with Crippen LogP contribution in [-0.2, 0) is 27.5 Å². The number of fused-ring (bicyclic) bond motifs is 1. The summed E-state index contributed by atoms with van der Waals surface area (Å²) in [6, 6.07) is 15.4. The quantitative estimate of drug-likeness (QED) is 0.241. The van der Waals surface area contributed by atoms with E-state index in [0.29, 0.717) is 46.1 Å². The molecule has 12 heteroatoms. The molecule has 252 valence electrons. The Morgan fingerprint density at radius 3 is 2.48 bits per heavy atom. The number of benzene rings is 3. The molecule has 1 saturated heterocycles. The molecule has 0 spiro atoms. The van der Waals surface area contributed by atoms with E-state index in [1.165, 1.54) is 28.8 Å². The summed E-state index contributed by atoms with van der Waals surface area (Å²) in [5.74, 6) is -1.94. The predicted octanol–water partition coefficient (Wildman–Crippen LogP) is 6.11. The van der Waals surface area contributed by atoms with Gasteiger partial charge in [0.05, 0.1) is 23.9 Å². The van der Waals surface area contributed by atoms with Gasteiger partial charge in [0.2, 0.25) is 5.91 Å². The van der Waals surface area contributed by atoms with Crippen LogP contribution < -0.4 is 15.4 Å². The minimum Gasteiger partial charge on any atom is -0.489 e. The maximum Gasteiger partial charge on any atom is 0.306 e. The Hall–Kier alpha value is -4.63. The number of ether oxygens (including phenoxy) is 2. The van der Waals surface area contributed by atoms with Crippen molar-refractivity contribution in [1.82, 2.24) is 4.90 Å². The van der Waals surface area contributed by atoms with Crippen LogP contribution in [0.4, 0.5) is 14.5 Å². The second kappa shape index (κ2) is 14.6. The van der Waals surface area contributed by atoms with Crippen molar-refractivity contribution < 1.29 is 32.6 Å². The molecule has 2 aliphatic rings. The molecule has 48 heavy (non-hydrogen) atoms. The number of rotatable bonds is 11. The van der Waals surface area contributed by atoms with Gasteiger partial charge in [0.1, 0.15) is 35.6 Å². The van der Waals surface area contributed by atoms with Gasteiger partial charge in [-0.15, -0.1) is 11.8 Å². The zero-order valence-corrected chi connectivity index (χ0v) is 27.9. The largest absolute Gasteiger partial charge is 0.489 e. The maximum absolute atomic E-state index is 15.2. The fourth-order valence-electron chi connectivity index (χ4n) is 5.93. The summed E-state index contributed by atoms with van der Waals surface area (Å²) in [6.07, 6.45) is 1.45. The third-order valence-electron chi connectivity index (χ3n) is 8.24. The molecule has 1 atom stereocenters. The van der Waals surface area contributed by atoms with Gasteiger partial charge in [-0.2, -0.15) is 5.26 Å². The van der Waals surface area contributed by atoms with Gasteiger partial charge in [-0.1, -0.05) is 12.1 Å². The maximum atomic E-state index is 15.2. The van der Waals surface area contributed by atoms with Crippen LogP contribution in [0.3, 0.4) is 0 Å². The van der Waals surface area contributed by atoms with E-state index in [1.807, 2.05) is 11.0 Å². The van der Waals surface area contributed by atoms with Crippen molar-refractivity contribution in [3.8, 4) is 11.8 Å². The number of anilines is 1.